The molecule has 36 heavy (non-hydrogen) atoms. The molecule has 3 aromatic rings. The Morgan fingerprint density at radius 2 is 1.78 bits per heavy atom. The van der Waals surface area contributed by atoms with Crippen LogP contribution in [0.5, 0.6) is 0 Å². The number of fused-ring (bicyclic) bond motifs is 7. The van der Waals surface area contributed by atoms with Crippen LogP contribution in [0.2, 0.25) is 0 Å². The minimum absolute atomic E-state index is 0.0295. The first-order valence-electron chi connectivity index (χ1n) is 13.9. The minimum atomic E-state index is -0.273. The summed E-state index contributed by atoms with van der Waals surface area (Å²) in [6.07, 6.45) is 9.13. The topological polar surface area (TPSA) is 86.5 Å². The monoisotopic (exact) mass is 490 g/mol. The van der Waals surface area contributed by atoms with Crippen LogP contribution >= 0.6 is 0 Å². The molecule has 4 fully saturated rings. The molecule has 0 unspecified atom stereocenters. The first-order chi connectivity index (χ1) is 17.6. The Hall–Kier alpha value is -2.71. The highest BCUT2D eigenvalue weighted by Gasteiger charge is 2.30. The standard InChI is InChI=1S/C28H38N6O2/c1-2-3-12-29-28-30-18-25-23-9-6-21(33-16-15-32-13-10-19(33)11-14-32)17-24(23)27(36)34(26(25)31-28)20-4-7-22(35)8-5-20/h6,9,17-20,22,35H,2-5,7-8,10-16H2,1H3,(H,29,30,31)/t20-,22-. The highest BCUT2D eigenvalue weighted by Crippen LogP contribution is 2.34. The van der Waals surface area contributed by atoms with Gasteiger partial charge in [-0.3, -0.25) is 9.36 Å². The number of aliphatic hydroxyl groups is 1. The maximum absolute atomic E-state index is 14.1. The quantitative estimate of drug-likeness (QED) is 0.400. The Morgan fingerprint density at radius 3 is 2.56 bits per heavy atom. The minimum Gasteiger partial charge on any atom is -0.393 e. The van der Waals surface area contributed by atoms with Gasteiger partial charge >= 0.3 is 0 Å². The third-order valence-electron chi connectivity index (χ3n) is 8.57. The summed E-state index contributed by atoms with van der Waals surface area (Å²) in [7, 11) is 0. The highest BCUT2D eigenvalue weighted by atomic mass is 16.3. The summed E-state index contributed by atoms with van der Waals surface area (Å²) in [5, 5.41) is 16.0. The van der Waals surface area contributed by atoms with Gasteiger partial charge in [-0.25, -0.2) is 4.98 Å². The summed E-state index contributed by atoms with van der Waals surface area (Å²) in [4.78, 5) is 28.7. The molecule has 3 saturated heterocycles. The van der Waals surface area contributed by atoms with Gasteiger partial charge < -0.3 is 20.2 Å². The summed E-state index contributed by atoms with van der Waals surface area (Å²) in [5.74, 6) is 0.575. The average molecular weight is 491 g/mol. The second-order valence-electron chi connectivity index (χ2n) is 10.8. The van der Waals surface area contributed by atoms with Crippen molar-refractivity contribution in [2.45, 2.75) is 76.5 Å². The maximum atomic E-state index is 14.1. The molecule has 1 saturated carbocycles. The third-order valence-corrected chi connectivity index (χ3v) is 8.57. The molecule has 8 nitrogen and oxygen atoms in total. The molecule has 4 aliphatic rings. The van der Waals surface area contributed by atoms with Gasteiger partial charge in [-0.1, -0.05) is 19.4 Å². The van der Waals surface area contributed by atoms with Gasteiger partial charge in [-0.15, -0.1) is 0 Å². The lowest BCUT2D eigenvalue weighted by Gasteiger charge is -2.33. The molecule has 7 rings (SSSR count). The Balaban J connectivity index is 1.48. The van der Waals surface area contributed by atoms with Crippen molar-refractivity contribution in [2.24, 2.45) is 0 Å². The molecule has 5 heterocycles. The molecular weight excluding hydrogens is 452 g/mol. The van der Waals surface area contributed by atoms with E-state index < -0.39 is 0 Å². The van der Waals surface area contributed by atoms with Gasteiger partial charge in [0.2, 0.25) is 5.95 Å². The zero-order chi connectivity index (χ0) is 24.6. The Labute approximate surface area is 212 Å². The smallest absolute Gasteiger partial charge is 0.260 e. The molecule has 1 aromatic carbocycles. The van der Waals surface area contributed by atoms with Crippen LogP contribution in [0.15, 0.2) is 29.2 Å². The Bertz CT molecular complexity index is 1290. The van der Waals surface area contributed by atoms with E-state index in [2.05, 4.69) is 45.2 Å². The highest BCUT2D eigenvalue weighted by molar-refractivity contribution is 6.05. The fraction of sp³-hybridized carbons (Fsp3) is 0.607. The number of hydrogen-bond donors (Lipinski definition) is 2. The number of unbranched alkanes of at least 4 members (excludes halogenated alkanes) is 1. The summed E-state index contributed by atoms with van der Waals surface area (Å²) >= 11 is 0. The van der Waals surface area contributed by atoms with Crippen molar-refractivity contribution in [1.82, 2.24) is 19.4 Å². The second kappa shape index (κ2) is 9.98. The molecule has 1 aliphatic carbocycles. The van der Waals surface area contributed by atoms with E-state index in [0.717, 1.165) is 80.0 Å². The number of nitrogens with one attached hydrogen (secondary N) is 1. The molecule has 3 aliphatic heterocycles. The van der Waals surface area contributed by atoms with Gasteiger partial charge in [-0.2, -0.15) is 4.98 Å². The van der Waals surface area contributed by atoms with E-state index in [0.29, 0.717) is 17.6 Å². The second-order valence-corrected chi connectivity index (χ2v) is 10.8. The van der Waals surface area contributed by atoms with Crippen LogP contribution in [0.1, 0.15) is 64.3 Å². The van der Waals surface area contributed by atoms with Gasteiger partial charge in [0.25, 0.3) is 5.56 Å². The van der Waals surface area contributed by atoms with Gasteiger partial charge in [0.15, 0.2) is 0 Å². The van der Waals surface area contributed by atoms with Gasteiger partial charge in [0.05, 0.1) is 11.5 Å². The Morgan fingerprint density at radius 1 is 0.972 bits per heavy atom. The van der Waals surface area contributed by atoms with Crippen LogP contribution in [0.4, 0.5) is 11.6 Å². The zero-order valence-electron chi connectivity index (χ0n) is 21.3. The normalized spacial score (nSPS) is 26.4. The number of nitrogens with zero attached hydrogens (tertiary/aromatic N) is 5. The lowest BCUT2D eigenvalue weighted by atomic mass is 9.92. The van der Waals surface area contributed by atoms with Crippen molar-refractivity contribution in [3.63, 3.8) is 0 Å². The molecular formula is C28H38N6O2. The first-order valence-corrected chi connectivity index (χ1v) is 13.9. The van der Waals surface area contributed by atoms with Crippen LogP contribution in [0.25, 0.3) is 21.8 Å². The van der Waals surface area contributed by atoms with Gasteiger partial charge in [0.1, 0.15) is 5.65 Å². The average Bonchev–Trinajstić information content (AvgIpc) is 3.24. The number of piperidine rings is 1. The van der Waals surface area contributed by atoms with Crippen molar-refractivity contribution >= 4 is 33.4 Å². The molecule has 2 bridgehead atoms. The van der Waals surface area contributed by atoms with Crippen LogP contribution in [-0.4, -0.2) is 69.4 Å². The first kappa shape index (κ1) is 23.7. The van der Waals surface area contributed by atoms with Crippen molar-refractivity contribution in [3.05, 3.63) is 34.7 Å². The largest absolute Gasteiger partial charge is 0.393 e. The summed E-state index contributed by atoms with van der Waals surface area (Å²) in [5.41, 5.74) is 1.88. The molecule has 192 valence electrons. The molecule has 2 N–H and O–H groups in total. The van der Waals surface area contributed by atoms with Crippen LogP contribution in [0.3, 0.4) is 0 Å². The fourth-order valence-corrected chi connectivity index (χ4v) is 6.44. The Kier molecular flexibility index (Phi) is 6.56. The van der Waals surface area contributed by atoms with E-state index in [1.807, 2.05) is 10.8 Å². The molecule has 0 amide bonds. The summed E-state index contributed by atoms with van der Waals surface area (Å²) < 4.78 is 1.92. The number of aromatic nitrogens is 3. The van der Waals surface area contributed by atoms with Crippen LogP contribution in [-0.2, 0) is 0 Å². The van der Waals surface area contributed by atoms with Crippen LogP contribution in [0, 0.1) is 0 Å². The van der Waals surface area contributed by atoms with E-state index >= 15 is 0 Å². The molecule has 0 atom stereocenters. The van der Waals surface area contributed by atoms with E-state index in [1.54, 1.807) is 0 Å². The lowest BCUT2D eigenvalue weighted by molar-refractivity contribution is 0.111. The van der Waals surface area contributed by atoms with Gasteiger partial charge in [-0.05, 0) is 62.5 Å². The SMILES string of the molecule is CCCCNc1ncc2c3ccc(N4CCN5CCC4CC5)cc3c(=O)n([C@H]3CC[C@H](O)CC3)c2n1. The number of rotatable bonds is 6. The summed E-state index contributed by atoms with van der Waals surface area (Å²) in [6, 6.07) is 6.99. The van der Waals surface area contributed by atoms with E-state index in [1.165, 1.54) is 25.9 Å². The number of hydrogen-bond acceptors (Lipinski definition) is 7. The number of benzene rings is 1. The van der Waals surface area contributed by atoms with Crippen molar-refractivity contribution in [1.29, 1.82) is 0 Å². The van der Waals surface area contributed by atoms with E-state index in [-0.39, 0.29) is 17.7 Å². The van der Waals surface area contributed by atoms with Crippen LogP contribution < -0.4 is 15.8 Å². The molecule has 2 aromatic heterocycles. The van der Waals surface area contributed by atoms with E-state index in [9.17, 15) is 9.90 Å². The third kappa shape index (κ3) is 4.34. The molecule has 0 spiro atoms. The molecule has 8 heteroatoms. The number of anilines is 2. The fourth-order valence-electron chi connectivity index (χ4n) is 6.44. The lowest BCUT2D eigenvalue weighted by Crippen LogP contribution is -2.38. The predicted molar refractivity (Wildman–Crippen MR) is 145 cm³/mol. The predicted octanol–water partition coefficient (Wildman–Crippen LogP) is 3.92. The van der Waals surface area contributed by atoms with Gasteiger partial charge in [0, 0.05) is 62.1 Å². The molecule has 0 radical (unpaired) electrons. The zero-order valence-corrected chi connectivity index (χ0v) is 21.3. The van der Waals surface area contributed by atoms with Crippen molar-refractivity contribution in [2.75, 3.05) is 42.9 Å². The van der Waals surface area contributed by atoms with Crippen molar-refractivity contribution in [3.8, 4) is 0 Å². The number of aliphatic hydroxyl groups excluding tert-OH is 1. The van der Waals surface area contributed by atoms with E-state index in [4.69, 9.17) is 4.98 Å². The van der Waals surface area contributed by atoms with Crippen molar-refractivity contribution < 1.29 is 5.11 Å². The maximum Gasteiger partial charge on any atom is 0.260 e. The number of pyridine rings is 1. The summed E-state index contributed by atoms with van der Waals surface area (Å²) in [6.45, 7) is 7.41.